The number of amides is 1. The largest absolute Gasteiger partial charge is 0.481 e. The van der Waals surface area contributed by atoms with Crippen LogP contribution in [0, 0.1) is 11.8 Å². The van der Waals surface area contributed by atoms with Crippen molar-refractivity contribution in [3.63, 3.8) is 0 Å². The van der Waals surface area contributed by atoms with Gasteiger partial charge in [0, 0.05) is 12.5 Å². The van der Waals surface area contributed by atoms with Crippen LogP contribution < -0.4 is 10.6 Å². The van der Waals surface area contributed by atoms with Crippen molar-refractivity contribution in [1.29, 1.82) is 0 Å². The van der Waals surface area contributed by atoms with E-state index in [4.69, 9.17) is 5.11 Å². The highest BCUT2D eigenvalue weighted by Gasteiger charge is 2.33. The van der Waals surface area contributed by atoms with Gasteiger partial charge >= 0.3 is 5.97 Å². The molecule has 1 rings (SSSR count). The van der Waals surface area contributed by atoms with E-state index in [1.54, 1.807) is 0 Å². The van der Waals surface area contributed by atoms with E-state index >= 15 is 0 Å². The van der Waals surface area contributed by atoms with Gasteiger partial charge in [-0.15, -0.1) is 0 Å². The molecule has 0 aliphatic heterocycles. The predicted molar refractivity (Wildman–Crippen MR) is 60.0 cm³/mol. The highest BCUT2D eigenvalue weighted by atomic mass is 16.4. The molecular formula is C11H20N2O3. The first-order chi connectivity index (χ1) is 7.65. The first kappa shape index (κ1) is 13.0. The number of carbonyl (C=O) groups excluding carboxylic acids is 1. The molecule has 0 unspecified atom stereocenters. The minimum absolute atomic E-state index is 0.0138. The second-order valence-corrected chi connectivity index (χ2v) is 4.29. The third-order valence-electron chi connectivity index (χ3n) is 3.06. The molecule has 1 amide bonds. The fourth-order valence-corrected chi connectivity index (χ4v) is 2.07. The predicted octanol–water partition coefficient (Wildman–Crippen LogP) is 0.213. The number of carboxylic acid groups (broad SMARTS) is 1. The van der Waals surface area contributed by atoms with E-state index in [1.165, 1.54) is 0 Å². The van der Waals surface area contributed by atoms with Crippen LogP contribution in [-0.4, -0.2) is 37.1 Å². The summed E-state index contributed by atoms with van der Waals surface area (Å²) in [7, 11) is 1.87. The summed E-state index contributed by atoms with van der Waals surface area (Å²) in [5.41, 5.74) is 0. The smallest absolute Gasteiger partial charge is 0.306 e. The molecule has 2 atom stereocenters. The maximum Gasteiger partial charge on any atom is 0.306 e. The van der Waals surface area contributed by atoms with Crippen LogP contribution in [0.25, 0.3) is 0 Å². The Hall–Kier alpha value is -1.10. The van der Waals surface area contributed by atoms with Crippen LogP contribution in [0.4, 0.5) is 0 Å². The van der Waals surface area contributed by atoms with Crippen molar-refractivity contribution >= 4 is 11.9 Å². The Morgan fingerprint density at radius 2 is 1.94 bits per heavy atom. The average molecular weight is 228 g/mol. The van der Waals surface area contributed by atoms with E-state index in [0.717, 1.165) is 13.0 Å². The molecule has 1 fully saturated rings. The van der Waals surface area contributed by atoms with Gasteiger partial charge in [-0.2, -0.15) is 0 Å². The number of hydrogen-bond donors (Lipinski definition) is 3. The molecule has 0 radical (unpaired) electrons. The number of carboxylic acids is 1. The molecule has 1 aliphatic carbocycles. The van der Waals surface area contributed by atoms with Crippen LogP contribution in [0.2, 0.25) is 0 Å². The van der Waals surface area contributed by atoms with Gasteiger partial charge in [0.2, 0.25) is 5.91 Å². The summed E-state index contributed by atoms with van der Waals surface area (Å²) in [5.74, 6) is -1.19. The van der Waals surface area contributed by atoms with Crippen molar-refractivity contribution in [1.82, 2.24) is 10.6 Å². The molecule has 92 valence electrons. The SMILES string of the molecule is CNCCCNC(=O)[C@@H]1CC[C@H](C(=O)O)C1. The average Bonchev–Trinajstić information content (AvgIpc) is 2.73. The van der Waals surface area contributed by atoms with Crippen molar-refractivity contribution in [2.75, 3.05) is 20.1 Å². The van der Waals surface area contributed by atoms with Gasteiger partial charge in [0.25, 0.3) is 0 Å². The van der Waals surface area contributed by atoms with E-state index in [-0.39, 0.29) is 17.7 Å². The molecule has 0 heterocycles. The van der Waals surface area contributed by atoms with E-state index in [2.05, 4.69) is 10.6 Å². The van der Waals surface area contributed by atoms with Gasteiger partial charge in [-0.3, -0.25) is 9.59 Å². The Balaban J connectivity index is 2.20. The summed E-state index contributed by atoms with van der Waals surface area (Å²) < 4.78 is 0. The standard InChI is InChI=1S/C11H20N2O3/c1-12-5-2-6-13-10(14)8-3-4-9(7-8)11(15)16/h8-9,12H,2-7H2,1H3,(H,13,14)(H,15,16)/t8-,9+/m1/s1. The highest BCUT2D eigenvalue weighted by Crippen LogP contribution is 2.30. The van der Waals surface area contributed by atoms with E-state index in [0.29, 0.717) is 25.8 Å². The summed E-state index contributed by atoms with van der Waals surface area (Å²) in [4.78, 5) is 22.4. The lowest BCUT2D eigenvalue weighted by Gasteiger charge is -2.10. The lowest BCUT2D eigenvalue weighted by atomic mass is 10.0. The Bertz CT molecular complexity index is 256. The van der Waals surface area contributed by atoms with Crippen LogP contribution in [-0.2, 0) is 9.59 Å². The summed E-state index contributed by atoms with van der Waals surface area (Å²) in [6.45, 7) is 1.54. The highest BCUT2D eigenvalue weighted by molar-refractivity contribution is 5.80. The minimum atomic E-state index is -0.773. The summed E-state index contributed by atoms with van der Waals surface area (Å²) in [5, 5.41) is 14.7. The number of aliphatic carboxylic acids is 1. The third-order valence-corrected chi connectivity index (χ3v) is 3.06. The minimum Gasteiger partial charge on any atom is -0.481 e. The number of rotatable bonds is 6. The molecule has 0 aromatic rings. The van der Waals surface area contributed by atoms with Crippen LogP contribution in [0.3, 0.4) is 0 Å². The van der Waals surface area contributed by atoms with Gasteiger partial charge in [-0.05, 0) is 39.3 Å². The second-order valence-electron chi connectivity index (χ2n) is 4.29. The van der Waals surface area contributed by atoms with Crippen molar-refractivity contribution in [2.24, 2.45) is 11.8 Å². The Morgan fingerprint density at radius 1 is 1.25 bits per heavy atom. The number of hydrogen-bond acceptors (Lipinski definition) is 3. The monoisotopic (exact) mass is 228 g/mol. The normalized spacial score (nSPS) is 24.3. The topological polar surface area (TPSA) is 78.4 Å². The van der Waals surface area contributed by atoms with Crippen LogP contribution in [0.15, 0.2) is 0 Å². The van der Waals surface area contributed by atoms with Crippen molar-refractivity contribution in [3.8, 4) is 0 Å². The maximum absolute atomic E-state index is 11.7. The van der Waals surface area contributed by atoms with Gasteiger partial charge < -0.3 is 15.7 Å². The van der Waals surface area contributed by atoms with E-state index in [1.807, 2.05) is 7.05 Å². The number of nitrogens with one attached hydrogen (secondary N) is 2. The van der Waals surface area contributed by atoms with Gasteiger partial charge in [-0.1, -0.05) is 0 Å². The molecule has 5 heteroatoms. The van der Waals surface area contributed by atoms with Gasteiger partial charge in [0.15, 0.2) is 0 Å². The third kappa shape index (κ3) is 3.81. The molecular weight excluding hydrogens is 208 g/mol. The Morgan fingerprint density at radius 3 is 2.50 bits per heavy atom. The summed E-state index contributed by atoms with van der Waals surface area (Å²) in [6.07, 6.45) is 2.73. The summed E-state index contributed by atoms with van der Waals surface area (Å²) >= 11 is 0. The first-order valence-electron chi connectivity index (χ1n) is 5.80. The van der Waals surface area contributed by atoms with Crippen molar-refractivity contribution in [2.45, 2.75) is 25.7 Å². The van der Waals surface area contributed by atoms with Crippen LogP contribution >= 0.6 is 0 Å². The second kappa shape index (κ2) is 6.48. The maximum atomic E-state index is 11.7. The zero-order valence-electron chi connectivity index (χ0n) is 9.66. The fourth-order valence-electron chi connectivity index (χ4n) is 2.07. The van der Waals surface area contributed by atoms with Gasteiger partial charge in [0.1, 0.15) is 0 Å². The first-order valence-corrected chi connectivity index (χ1v) is 5.80. The quantitative estimate of drug-likeness (QED) is 0.568. The van der Waals surface area contributed by atoms with Gasteiger partial charge in [0.05, 0.1) is 5.92 Å². The zero-order chi connectivity index (χ0) is 12.0. The Labute approximate surface area is 95.6 Å². The van der Waals surface area contributed by atoms with Crippen LogP contribution in [0.5, 0.6) is 0 Å². The molecule has 16 heavy (non-hydrogen) atoms. The fraction of sp³-hybridized carbons (Fsp3) is 0.818. The van der Waals surface area contributed by atoms with Gasteiger partial charge in [-0.25, -0.2) is 0 Å². The molecule has 1 aliphatic rings. The molecule has 0 saturated heterocycles. The molecule has 1 saturated carbocycles. The zero-order valence-corrected chi connectivity index (χ0v) is 9.66. The van der Waals surface area contributed by atoms with Crippen molar-refractivity contribution < 1.29 is 14.7 Å². The number of carbonyl (C=O) groups is 2. The van der Waals surface area contributed by atoms with E-state index < -0.39 is 5.97 Å². The molecule has 3 N–H and O–H groups in total. The molecule has 0 spiro atoms. The lowest BCUT2D eigenvalue weighted by molar-refractivity contribution is -0.141. The summed E-state index contributed by atoms with van der Waals surface area (Å²) in [6, 6.07) is 0. The molecule has 5 nitrogen and oxygen atoms in total. The molecule has 0 bridgehead atoms. The van der Waals surface area contributed by atoms with Crippen molar-refractivity contribution in [3.05, 3.63) is 0 Å². The molecule has 0 aromatic carbocycles. The van der Waals surface area contributed by atoms with E-state index in [9.17, 15) is 9.59 Å². The van der Waals surface area contributed by atoms with Crippen LogP contribution in [0.1, 0.15) is 25.7 Å². The lowest BCUT2D eigenvalue weighted by Crippen LogP contribution is -2.31. The molecule has 0 aromatic heterocycles. The Kier molecular flexibility index (Phi) is 5.25.